The summed E-state index contributed by atoms with van der Waals surface area (Å²) in [6.07, 6.45) is 0. The van der Waals surface area contributed by atoms with Crippen LogP contribution in [-0.2, 0) is 6.54 Å². The third-order valence-electron chi connectivity index (χ3n) is 3.28. The highest BCUT2D eigenvalue weighted by molar-refractivity contribution is 7.80. The number of hydrogen-bond acceptors (Lipinski definition) is 6. The molecule has 4 N–H and O–H groups in total. The predicted octanol–water partition coefficient (Wildman–Crippen LogP) is 3.57. The van der Waals surface area contributed by atoms with E-state index in [9.17, 15) is 0 Å². The highest BCUT2D eigenvalue weighted by Crippen LogP contribution is 2.19. The third kappa shape index (κ3) is 6.27. The number of thiocarbonyl (C=S) groups is 1. The van der Waals surface area contributed by atoms with E-state index in [1.807, 2.05) is 45.9 Å². The molecule has 0 saturated carbocycles. The van der Waals surface area contributed by atoms with Crippen LogP contribution in [0.5, 0.6) is 0 Å². The first-order valence-electron chi connectivity index (χ1n) is 8.43. The number of aromatic nitrogens is 3. The van der Waals surface area contributed by atoms with Crippen LogP contribution in [0, 0.1) is 6.92 Å². The summed E-state index contributed by atoms with van der Waals surface area (Å²) in [6.45, 7) is 9.13. The Morgan fingerprint density at radius 2 is 1.92 bits per heavy atom. The molecule has 9 heteroatoms. The topological polar surface area (TPSA) is 86.8 Å². The lowest BCUT2D eigenvalue weighted by Gasteiger charge is -2.14. The average molecular weight is 394 g/mol. The molecule has 0 aliphatic carbocycles. The van der Waals surface area contributed by atoms with Gasteiger partial charge in [-0.05, 0) is 63.7 Å². The van der Waals surface area contributed by atoms with Crippen LogP contribution in [-0.4, -0.2) is 32.7 Å². The molecule has 1 aromatic heterocycles. The van der Waals surface area contributed by atoms with Gasteiger partial charge in [0.15, 0.2) is 10.9 Å². The fraction of sp³-hybridized carbons (Fsp3) is 0.412. The summed E-state index contributed by atoms with van der Waals surface area (Å²) in [7, 11) is 0. The maximum atomic E-state index is 5.98. The molecule has 0 radical (unpaired) electrons. The van der Waals surface area contributed by atoms with Gasteiger partial charge >= 0.3 is 0 Å². The fourth-order valence-corrected chi connectivity index (χ4v) is 2.56. The average Bonchev–Trinajstić information content (AvgIpc) is 2.55. The fourth-order valence-electron chi connectivity index (χ4n) is 2.15. The molecule has 1 heterocycles. The maximum Gasteiger partial charge on any atom is 0.228 e. The lowest BCUT2D eigenvalue weighted by molar-refractivity contribution is 0.797. The Balaban J connectivity index is 2.02. The van der Waals surface area contributed by atoms with Crippen LogP contribution in [0.15, 0.2) is 18.2 Å². The molecular formula is C17H24ClN7S. The van der Waals surface area contributed by atoms with E-state index in [1.54, 1.807) is 0 Å². The summed E-state index contributed by atoms with van der Waals surface area (Å²) in [5.74, 6) is 1.67. The number of benzene rings is 1. The van der Waals surface area contributed by atoms with Crippen LogP contribution in [0.3, 0.4) is 0 Å². The lowest BCUT2D eigenvalue weighted by atomic mass is 10.2. The molecule has 0 saturated heterocycles. The van der Waals surface area contributed by atoms with Gasteiger partial charge in [0.1, 0.15) is 0 Å². The minimum atomic E-state index is 0.225. The Labute approximate surface area is 164 Å². The first-order valence-corrected chi connectivity index (χ1v) is 9.22. The van der Waals surface area contributed by atoms with E-state index >= 15 is 0 Å². The van der Waals surface area contributed by atoms with E-state index in [-0.39, 0.29) is 6.04 Å². The monoisotopic (exact) mass is 393 g/mol. The van der Waals surface area contributed by atoms with E-state index in [0.717, 1.165) is 17.8 Å². The molecule has 2 rings (SSSR count). The molecule has 0 atom stereocenters. The van der Waals surface area contributed by atoms with Gasteiger partial charge in [0.25, 0.3) is 0 Å². The van der Waals surface area contributed by atoms with E-state index in [0.29, 0.717) is 34.4 Å². The van der Waals surface area contributed by atoms with Crippen molar-refractivity contribution in [1.82, 2.24) is 20.3 Å². The van der Waals surface area contributed by atoms with Crippen LogP contribution in [0.4, 0.5) is 17.6 Å². The van der Waals surface area contributed by atoms with Gasteiger partial charge in [-0.25, -0.2) is 0 Å². The molecule has 26 heavy (non-hydrogen) atoms. The zero-order chi connectivity index (χ0) is 19.1. The van der Waals surface area contributed by atoms with Gasteiger partial charge < -0.3 is 21.3 Å². The van der Waals surface area contributed by atoms with E-state index in [4.69, 9.17) is 23.8 Å². The van der Waals surface area contributed by atoms with Crippen molar-refractivity contribution in [3.8, 4) is 0 Å². The molecule has 0 aliphatic rings. The number of rotatable bonds is 7. The van der Waals surface area contributed by atoms with Crippen molar-refractivity contribution >= 4 is 46.5 Å². The van der Waals surface area contributed by atoms with Crippen LogP contribution < -0.4 is 21.3 Å². The van der Waals surface area contributed by atoms with Gasteiger partial charge in [-0.2, -0.15) is 15.0 Å². The molecule has 0 bridgehead atoms. The Morgan fingerprint density at radius 3 is 2.58 bits per heavy atom. The van der Waals surface area contributed by atoms with Crippen molar-refractivity contribution in [2.75, 3.05) is 22.5 Å². The molecular weight excluding hydrogens is 370 g/mol. The molecule has 0 amide bonds. The van der Waals surface area contributed by atoms with Gasteiger partial charge in [0.05, 0.1) is 6.54 Å². The number of hydrogen-bond donors (Lipinski definition) is 4. The van der Waals surface area contributed by atoms with E-state index in [2.05, 4.69) is 36.2 Å². The molecule has 0 fully saturated rings. The second-order valence-corrected chi connectivity index (χ2v) is 6.84. The SMILES string of the molecule is CCNc1nc(CNC(=S)Nc2ccc(Cl)cc2C)nc(NC(C)C)n1. The second-order valence-electron chi connectivity index (χ2n) is 6.00. The Morgan fingerprint density at radius 1 is 1.19 bits per heavy atom. The number of aryl methyl sites for hydroxylation is 1. The number of nitrogens with zero attached hydrogens (tertiary/aromatic N) is 3. The van der Waals surface area contributed by atoms with Gasteiger partial charge in [-0.15, -0.1) is 0 Å². The van der Waals surface area contributed by atoms with Gasteiger partial charge in [0.2, 0.25) is 11.9 Å². The smallest absolute Gasteiger partial charge is 0.228 e. The van der Waals surface area contributed by atoms with E-state index in [1.165, 1.54) is 0 Å². The van der Waals surface area contributed by atoms with Crippen molar-refractivity contribution in [1.29, 1.82) is 0 Å². The molecule has 0 aliphatic heterocycles. The second kappa shape index (κ2) is 9.49. The summed E-state index contributed by atoms with van der Waals surface area (Å²) in [5, 5.41) is 13.8. The summed E-state index contributed by atoms with van der Waals surface area (Å²) in [6, 6.07) is 5.81. The Kier molecular flexibility index (Phi) is 7.35. The van der Waals surface area contributed by atoms with Gasteiger partial charge in [-0.1, -0.05) is 11.6 Å². The highest BCUT2D eigenvalue weighted by Gasteiger charge is 2.08. The standard InChI is InChI=1S/C17H24ClN7S/c1-5-19-15-23-14(24-16(25-15)21-10(2)3)9-20-17(26)22-13-7-6-12(18)8-11(13)4/h6-8,10H,5,9H2,1-4H3,(H2,20,22,26)(H2,19,21,23,24,25). The van der Waals surface area contributed by atoms with Crippen molar-refractivity contribution in [3.63, 3.8) is 0 Å². The van der Waals surface area contributed by atoms with Gasteiger partial charge in [0, 0.05) is 23.3 Å². The largest absolute Gasteiger partial charge is 0.355 e. The van der Waals surface area contributed by atoms with Crippen molar-refractivity contribution in [2.45, 2.75) is 40.3 Å². The Hall–Kier alpha value is -2.19. The zero-order valence-electron chi connectivity index (χ0n) is 15.4. The Bertz CT molecular complexity index is 767. The first-order chi connectivity index (χ1) is 12.4. The molecule has 0 unspecified atom stereocenters. The van der Waals surface area contributed by atoms with Crippen LogP contribution in [0.2, 0.25) is 5.02 Å². The number of nitrogens with one attached hydrogen (secondary N) is 4. The normalized spacial score (nSPS) is 10.5. The van der Waals surface area contributed by atoms with Crippen LogP contribution in [0.1, 0.15) is 32.2 Å². The van der Waals surface area contributed by atoms with E-state index < -0.39 is 0 Å². The van der Waals surface area contributed by atoms with Crippen molar-refractivity contribution in [2.24, 2.45) is 0 Å². The summed E-state index contributed by atoms with van der Waals surface area (Å²) in [4.78, 5) is 13.2. The number of halogens is 1. The van der Waals surface area contributed by atoms with Crippen LogP contribution in [0.25, 0.3) is 0 Å². The predicted molar refractivity (Wildman–Crippen MR) is 112 cm³/mol. The number of anilines is 3. The van der Waals surface area contributed by atoms with Gasteiger partial charge in [-0.3, -0.25) is 0 Å². The third-order valence-corrected chi connectivity index (χ3v) is 3.76. The maximum absolute atomic E-state index is 5.98. The zero-order valence-corrected chi connectivity index (χ0v) is 16.9. The molecule has 1 aromatic carbocycles. The lowest BCUT2D eigenvalue weighted by Crippen LogP contribution is -2.29. The van der Waals surface area contributed by atoms with Crippen molar-refractivity contribution in [3.05, 3.63) is 34.6 Å². The summed E-state index contributed by atoms with van der Waals surface area (Å²) >= 11 is 11.3. The minimum absolute atomic E-state index is 0.225. The molecule has 7 nitrogen and oxygen atoms in total. The molecule has 0 spiro atoms. The quantitative estimate of drug-likeness (QED) is 0.531. The van der Waals surface area contributed by atoms with Crippen molar-refractivity contribution < 1.29 is 0 Å². The highest BCUT2D eigenvalue weighted by atomic mass is 35.5. The first kappa shape index (κ1) is 20.1. The molecule has 140 valence electrons. The summed E-state index contributed by atoms with van der Waals surface area (Å²) in [5.41, 5.74) is 1.91. The summed E-state index contributed by atoms with van der Waals surface area (Å²) < 4.78 is 0. The molecule has 2 aromatic rings. The van der Waals surface area contributed by atoms with Crippen LogP contribution >= 0.6 is 23.8 Å². The minimum Gasteiger partial charge on any atom is -0.355 e.